The van der Waals surface area contributed by atoms with E-state index < -0.39 is 11.6 Å². The van der Waals surface area contributed by atoms with E-state index in [1.54, 1.807) is 13.2 Å². The highest BCUT2D eigenvalue weighted by molar-refractivity contribution is 6.02. The summed E-state index contributed by atoms with van der Waals surface area (Å²) in [4.78, 5) is 21.0. The van der Waals surface area contributed by atoms with Crippen LogP contribution in [0.2, 0.25) is 0 Å². The van der Waals surface area contributed by atoms with Gasteiger partial charge in [0, 0.05) is 11.3 Å². The standard InChI is InChI=1S/C33H30N4O4/c1-33(2)18-17-25-29(41-33)16-15-27(30(25)39-3)37-32(38)34-23-11-14-26-28(19-23)36-31(35-26)22-9-12-24(13-10-22)40-20-21-7-5-4-6-8-21/h4-19H,20H2,1-3H3,(H,35,36)(H2,34,37,38). The van der Waals surface area contributed by atoms with E-state index in [1.165, 1.54) is 0 Å². The third kappa shape index (κ3) is 5.72. The summed E-state index contributed by atoms with van der Waals surface area (Å²) >= 11 is 0. The van der Waals surface area contributed by atoms with Crippen molar-refractivity contribution < 1.29 is 19.0 Å². The minimum absolute atomic E-state index is 0.398. The van der Waals surface area contributed by atoms with Gasteiger partial charge in [-0.2, -0.15) is 0 Å². The van der Waals surface area contributed by atoms with E-state index in [-0.39, 0.29) is 0 Å². The molecule has 41 heavy (non-hydrogen) atoms. The molecule has 5 aromatic rings. The predicted molar refractivity (Wildman–Crippen MR) is 162 cm³/mol. The molecule has 1 aliphatic rings. The molecular weight excluding hydrogens is 516 g/mol. The lowest BCUT2D eigenvalue weighted by Crippen LogP contribution is -2.27. The molecule has 8 heteroatoms. The van der Waals surface area contributed by atoms with Crippen molar-refractivity contribution in [3.8, 4) is 28.6 Å². The molecule has 0 bridgehead atoms. The maximum Gasteiger partial charge on any atom is 0.323 e. The van der Waals surface area contributed by atoms with Crippen molar-refractivity contribution in [2.75, 3.05) is 17.7 Å². The van der Waals surface area contributed by atoms with Gasteiger partial charge in [-0.3, -0.25) is 0 Å². The zero-order valence-electron chi connectivity index (χ0n) is 23.0. The first-order chi connectivity index (χ1) is 19.9. The average Bonchev–Trinajstić information content (AvgIpc) is 3.40. The molecule has 0 aliphatic carbocycles. The fourth-order valence-corrected chi connectivity index (χ4v) is 4.70. The van der Waals surface area contributed by atoms with Gasteiger partial charge in [0.25, 0.3) is 0 Å². The number of hydrogen-bond donors (Lipinski definition) is 3. The van der Waals surface area contributed by atoms with Crippen molar-refractivity contribution in [1.29, 1.82) is 0 Å². The number of fused-ring (bicyclic) bond motifs is 2. The van der Waals surface area contributed by atoms with E-state index in [0.717, 1.165) is 39.3 Å². The summed E-state index contributed by atoms with van der Waals surface area (Å²) in [5, 5.41) is 5.77. The molecule has 0 fully saturated rings. The van der Waals surface area contributed by atoms with Crippen molar-refractivity contribution in [2.45, 2.75) is 26.1 Å². The SMILES string of the molecule is COc1c(NC(=O)Nc2ccc3[nH]c(-c4ccc(OCc5ccccc5)cc4)nc3c2)ccc2c1C=CC(C)(C)O2. The molecular formula is C33H30N4O4. The molecule has 2 heterocycles. The molecule has 206 valence electrons. The molecule has 4 aromatic carbocycles. The fraction of sp³-hybridized carbons (Fsp3) is 0.152. The Hall–Kier alpha value is -5.24. The van der Waals surface area contributed by atoms with Gasteiger partial charge in [-0.1, -0.05) is 30.3 Å². The van der Waals surface area contributed by atoms with Gasteiger partial charge in [0.15, 0.2) is 5.75 Å². The Balaban J connectivity index is 1.13. The Labute approximate surface area is 238 Å². The van der Waals surface area contributed by atoms with Gasteiger partial charge in [0.2, 0.25) is 0 Å². The molecule has 0 unspecified atom stereocenters. The van der Waals surface area contributed by atoms with Crippen LogP contribution >= 0.6 is 0 Å². The Morgan fingerprint density at radius 1 is 0.976 bits per heavy atom. The summed E-state index contributed by atoms with van der Waals surface area (Å²) in [5.74, 6) is 2.75. The first-order valence-electron chi connectivity index (χ1n) is 13.3. The van der Waals surface area contributed by atoms with Crippen LogP contribution in [0.1, 0.15) is 25.0 Å². The molecule has 1 aliphatic heterocycles. The summed E-state index contributed by atoms with van der Waals surface area (Å²) in [6.45, 7) is 4.48. The summed E-state index contributed by atoms with van der Waals surface area (Å²) < 4.78 is 17.5. The second-order valence-corrected chi connectivity index (χ2v) is 10.3. The number of urea groups is 1. The van der Waals surface area contributed by atoms with Crippen LogP contribution < -0.4 is 24.8 Å². The number of aromatic nitrogens is 2. The molecule has 0 radical (unpaired) electrons. The van der Waals surface area contributed by atoms with E-state index in [4.69, 9.17) is 19.2 Å². The first-order valence-corrected chi connectivity index (χ1v) is 13.3. The predicted octanol–water partition coefficient (Wildman–Crippen LogP) is 7.65. The van der Waals surface area contributed by atoms with Crippen LogP contribution in [0, 0.1) is 0 Å². The molecule has 8 nitrogen and oxygen atoms in total. The van der Waals surface area contributed by atoms with Crippen molar-refractivity contribution >= 4 is 34.5 Å². The van der Waals surface area contributed by atoms with Gasteiger partial charge in [-0.15, -0.1) is 0 Å². The smallest absolute Gasteiger partial charge is 0.323 e. The number of anilines is 2. The molecule has 3 N–H and O–H groups in total. The summed E-state index contributed by atoms with van der Waals surface area (Å²) in [6, 6.07) is 26.6. The van der Waals surface area contributed by atoms with Crippen LogP contribution in [0.3, 0.4) is 0 Å². The van der Waals surface area contributed by atoms with Crippen molar-refractivity contribution in [1.82, 2.24) is 9.97 Å². The maximum absolute atomic E-state index is 12.9. The van der Waals surface area contributed by atoms with Crippen LogP contribution in [0.25, 0.3) is 28.5 Å². The second-order valence-electron chi connectivity index (χ2n) is 10.3. The number of methoxy groups -OCH3 is 1. The number of rotatable bonds is 7. The van der Waals surface area contributed by atoms with Crippen LogP contribution in [0.4, 0.5) is 16.2 Å². The van der Waals surface area contributed by atoms with Gasteiger partial charge >= 0.3 is 6.03 Å². The molecule has 1 aromatic heterocycles. The third-order valence-electron chi connectivity index (χ3n) is 6.75. The second kappa shape index (κ2) is 10.7. The molecule has 0 saturated heterocycles. The minimum atomic E-state index is -0.407. The molecule has 0 saturated carbocycles. The number of carbonyl (C=O) groups excluding carboxylic acids is 1. The summed E-state index contributed by atoms with van der Waals surface area (Å²) in [7, 11) is 1.57. The molecule has 2 amide bonds. The quantitative estimate of drug-likeness (QED) is 0.195. The normalized spacial score (nSPS) is 13.2. The van der Waals surface area contributed by atoms with Crippen LogP contribution in [-0.2, 0) is 6.61 Å². The van der Waals surface area contributed by atoms with Crippen molar-refractivity contribution in [3.05, 3.63) is 102 Å². The summed E-state index contributed by atoms with van der Waals surface area (Å²) in [6.07, 6.45) is 3.92. The lowest BCUT2D eigenvalue weighted by atomic mass is 10.0. The number of aromatic amines is 1. The summed E-state index contributed by atoms with van der Waals surface area (Å²) in [5.41, 5.74) is 5.17. The van der Waals surface area contributed by atoms with Gasteiger partial charge in [-0.05, 0) is 86.2 Å². The van der Waals surface area contributed by atoms with Crippen molar-refractivity contribution in [2.24, 2.45) is 0 Å². The van der Waals surface area contributed by atoms with Gasteiger partial charge in [0.05, 0.1) is 29.4 Å². The third-order valence-corrected chi connectivity index (χ3v) is 6.75. The maximum atomic E-state index is 12.9. The minimum Gasteiger partial charge on any atom is -0.494 e. The lowest BCUT2D eigenvalue weighted by Gasteiger charge is -2.29. The number of hydrogen-bond acceptors (Lipinski definition) is 5. The topological polar surface area (TPSA) is 97.5 Å². The van der Waals surface area contributed by atoms with E-state index in [0.29, 0.717) is 29.5 Å². The van der Waals surface area contributed by atoms with E-state index in [2.05, 4.69) is 15.6 Å². The van der Waals surface area contributed by atoms with E-state index >= 15 is 0 Å². The van der Waals surface area contributed by atoms with Gasteiger partial charge in [-0.25, -0.2) is 9.78 Å². The zero-order valence-corrected chi connectivity index (χ0v) is 23.0. The number of nitrogens with one attached hydrogen (secondary N) is 3. The first kappa shape index (κ1) is 26.0. The molecule has 0 atom stereocenters. The molecule has 0 spiro atoms. The Morgan fingerprint density at radius 3 is 2.56 bits per heavy atom. The van der Waals surface area contributed by atoms with Gasteiger partial charge in [0.1, 0.15) is 29.5 Å². The zero-order chi connectivity index (χ0) is 28.4. The van der Waals surface area contributed by atoms with Crippen LogP contribution in [0.15, 0.2) is 91.0 Å². The van der Waals surface area contributed by atoms with E-state index in [9.17, 15) is 4.79 Å². The van der Waals surface area contributed by atoms with Crippen LogP contribution in [-0.4, -0.2) is 28.7 Å². The average molecular weight is 547 g/mol. The van der Waals surface area contributed by atoms with Gasteiger partial charge < -0.3 is 29.8 Å². The highest BCUT2D eigenvalue weighted by atomic mass is 16.5. The number of H-pyrrole nitrogens is 1. The number of imidazole rings is 1. The number of amides is 2. The van der Waals surface area contributed by atoms with E-state index in [1.807, 2.05) is 105 Å². The Morgan fingerprint density at radius 2 is 1.78 bits per heavy atom. The lowest BCUT2D eigenvalue weighted by molar-refractivity contribution is 0.158. The highest BCUT2D eigenvalue weighted by Gasteiger charge is 2.25. The Kier molecular flexibility index (Phi) is 6.81. The fourth-order valence-electron chi connectivity index (χ4n) is 4.70. The number of benzene rings is 4. The van der Waals surface area contributed by atoms with Crippen molar-refractivity contribution in [3.63, 3.8) is 0 Å². The Bertz CT molecular complexity index is 1740. The highest BCUT2D eigenvalue weighted by Crippen LogP contribution is 2.41. The number of ether oxygens (including phenoxy) is 3. The molecule has 6 rings (SSSR count). The number of carbonyl (C=O) groups is 1. The largest absolute Gasteiger partial charge is 0.494 e. The van der Waals surface area contributed by atoms with Crippen LogP contribution in [0.5, 0.6) is 17.2 Å². The number of nitrogens with zero attached hydrogens (tertiary/aromatic N) is 1. The monoisotopic (exact) mass is 546 g/mol.